The van der Waals surface area contributed by atoms with Gasteiger partial charge in [-0.25, -0.2) is 4.98 Å². The molecular weight excluding hydrogens is 454 g/mol. The first kappa shape index (κ1) is 23.8. The van der Waals surface area contributed by atoms with Gasteiger partial charge in [-0.1, -0.05) is 49.1 Å². The third-order valence-corrected chi connectivity index (χ3v) is 8.01. The van der Waals surface area contributed by atoms with E-state index in [0.29, 0.717) is 15.5 Å². The number of amides is 1. The zero-order valence-corrected chi connectivity index (χ0v) is 21.3. The highest BCUT2D eigenvalue weighted by atomic mass is 32.2. The van der Waals surface area contributed by atoms with Crippen LogP contribution in [0.4, 0.5) is 10.8 Å². The Morgan fingerprint density at radius 2 is 1.91 bits per heavy atom. The number of piperidine rings is 1. The lowest BCUT2D eigenvalue weighted by Crippen LogP contribution is -2.32. The van der Waals surface area contributed by atoms with Gasteiger partial charge in [-0.3, -0.25) is 14.2 Å². The van der Waals surface area contributed by atoms with Crippen LogP contribution in [0.3, 0.4) is 0 Å². The molecule has 0 aliphatic carbocycles. The molecule has 0 unspecified atom stereocenters. The zero-order chi connectivity index (χ0) is 23.5. The minimum Gasteiger partial charge on any atom is -0.348 e. The number of benzene rings is 1. The summed E-state index contributed by atoms with van der Waals surface area (Å²) in [5.41, 5.74) is 2.39. The van der Waals surface area contributed by atoms with E-state index >= 15 is 0 Å². The smallest absolute Gasteiger partial charge is 0.274 e. The van der Waals surface area contributed by atoms with Gasteiger partial charge >= 0.3 is 0 Å². The Labute approximate surface area is 202 Å². The standard InChI is InChI=1S/C24H31N5O2S2/c1-5-17-6-8-18(9-7-17)25-19(30)14-32-24-27-21-20(22(31)29(24)15(2)3)33-23(26-21)28-12-10-16(4)11-13-28/h6-9,15-16H,5,10-14H2,1-4H3,(H,25,30). The van der Waals surface area contributed by atoms with Gasteiger partial charge in [0, 0.05) is 24.8 Å². The van der Waals surface area contributed by atoms with E-state index in [0.717, 1.165) is 49.1 Å². The maximum Gasteiger partial charge on any atom is 0.274 e. The summed E-state index contributed by atoms with van der Waals surface area (Å²) in [6, 6.07) is 7.78. The summed E-state index contributed by atoms with van der Waals surface area (Å²) in [5, 5.41) is 4.32. The molecule has 9 heteroatoms. The second-order valence-corrected chi connectivity index (χ2v) is 10.8. The van der Waals surface area contributed by atoms with E-state index in [2.05, 4.69) is 24.1 Å². The van der Waals surface area contributed by atoms with Crippen LogP contribution < -0.4 is 15.8 Å². The maximum absolute atomic E-state index is 13.3. The average molecular weight is 486 g/mol. The summed E-state index contributed by atoms with van der Waals surface area (Å²) in [7, 11) is 0. The van der Waals surface area contributed by atoms with Crippen molar-refractivity contribution in [2.75, 3.05) is 29.1 Å². The normalized spacial score (nSPS) is 14.9. The average Bonchev–Trinajstić information content (AvgIpc) is 3.23. The molecule has 3 heterocycles. The SMILES string of the molecule is CCc1ccc(NC(=O)CSc2nc3nc(N4CCC(C)CC4)sc3c(=O)n2C(C)C)cc1. The van der Waals surface area contributed by atoms with Gasteiger partial charge in [0.1, 0.15) is 4.70 Å². The van der Waals surface area contributed by atoms with Gasteiger partial charge in [-0.15, -0.1) is 0 Å². The number of rotatable bonds is 7. The molecule has 7 nitrogen and oxygen atoms in total. The lowest BCUT2D eigenvalue weighted by molar-refractivity contribution is -0.113. The van der Waals surface area contributed by atoms with E-state index < -0.39 is 0 Å². The van der Waals surface area contributed by atoms with Crippen molar-refractivity contribution in [1.29, 1.82) is 0 Å². The molecule has 1 aliphatic rings. The van der Waals surface area contributed by atoms with Crippen molar-refractivity contribution in [1.82, 2.24) is 14.5 Å². The third-order valence-electron chi connectivity index (χ3n) is 5.97. The number of carbonyl (C=O) groups is 1. The third kappa shape index (κ3) is 5.41. The van der Waals surface area contributed by atoms with Gasteiger partial charge in [-0.2, -0.15) is 4.98 Å². The summed E-state index contributed by atoms with van der Waals surface area (Å²) in [4.78, 5) is 37.5. The number of hydrogen-bond acceptors (Lipinski definition) is 7. The number of hydrogen-bond donors (Lipinski definition) is 1. The minimum absolute atomic E-state index is 0.0667. The summed E-state index contributed by atoms with van der Waals surface area (Å²) < 4.78 is 2.26. The van der Waals surface area contributed by atoms with E-state index in [9.17, 15) is 9.59 Å². The van der Waals surface area contributed by atoms with Crippen molar-refractivity contribution in [2.45, 2.75) is 58.2 Å². The number of thiazole rings is 1. The van der Waals surface area contributed by atoms with E-state index in [1.165, 1.54) is 28.7 Å². The van der Waals surface area contributed by atoms with Crippen molar-refractivity contribution < 1.29 is 4.79 Å². The van der Waals surface area contributed by atoms with Crippen LogP contribution in [-0.2, 0) is 11.2 Å². The predicted octanol–water partition coefficient (Wildman–Crippen LogP) is 4.96. The van der Waals surface area contributed by atoms with Crippen LogP contribution in [0.25, 0.3) is 10.3 Å². The Morgan fingerprint density at radius 1 is 1.21 bits per heavy atom. The van der Waals surface area contributed by atoms with Crippen molar-refractivity contribution in [3.63, 3.8) is 0 Å². The Bertz CT molecular complexity index is 1180. The first-order valence-corrected chi connectivity index (χ1v) is 13.4. The molecule has 0 atom stereocenters. The summed E-state index contributed by atoms with van der Waals surface area (Å²) in [6.45, 7) is 10.2. The number of nitrogens with one attached hydrogen (secondary N) is 1. The highest BCUT2D eigenvalue weighted by Crippen LogP contribution is 2.31. The molecule has 1 aromatic carbocycles. The quantitative estimate of drug-likeness (QED) is 0.376. The number of carbonyl (C=O) groups excluding carboxylic acids is 1. The molecule has 0 radical (unpaired) electrons. The van der Waals surface area contributed by atoms with Crippen LogP contribution in [0.2, 0.25) is 0 Å². The topological polar surface area (TPSA) is 80.1 Å². The van der Waals surface area contributed by atoms with Crippen LogP contribution >= 0.6 is 23.1 Å². The number of thioether (sulfide) groups is 1. The molecule has 1 fully saturated rings. The summed E-state index contributed by atoms with van der Waals surface area (Å²) in [5.74, 6) is 0.766. The Kier molecular flexibility index (Phi) is 7.38. The fourth-order valence-corrected chi connectivity index (χ4v) is 5.81. The second kappa shape index (κ2) is 10.3. The molecule has 0 saturated carbocycles. The summed E-state index contributed by atoms with van der Waals surface area (Å²) >= 11 is 2.71. The van der Waals surface area contributed by atoms with Crippen LogP contribution in [-0.4, -0.2) is 39.3 Å². The molecule has 176 valence electrons. The van der Waals surface area contributed by atoms with Gasteiger partial charge in [0.15, 0.2) is 15.9 Å². The summed E-state index contributed by atoms with van der Waals surface area (Å²) in [6.07, 6.45) is 3.23. The van der Waals surface area contributed by atoms with Gasteiger partial charge < -0.3 is 10.2 Å². The monoisotopic (exact) mass is 485 g/mol. The molecule has 1 N–H and O–H groups in total. The van der Waals surface area contributed by atoms with Crippen LogP contribution in [0.1, 0.15) is 52.1 Å². The van der Waals surface area contributed by atoms with E-state index in [1.807, 2.05) is 38.1 Å². The predicted molar refractivity (Wildman–Crippen MR) is 138 cm³/mol. The Morgan fingerprint density at radius 3 is 2.55 bits per heavy atom. The number of aryl methyl sites for hydroxylation is 1. The number of aromatic nitrogens is 3. The fourth-order valence-electron chi connectivity index (χ4n) is 3.90. The zero-order valence-electron chi connectivity index (χ0n) is 19.6. The molecule has 0 spiro atoms. The van der Waals surface area contributed by atoms with Crippen LogP contribution in [0.5, 0.6) is 0 Å². The van der Waals surface area contributed by atoms with Crippen LogP contribution in [0.15, 0.2) is 34.2 Å². The van der Waals surface area contributed by atoms with Crippen LogP contribution in [0, 0.1) is 5.92 Å². The van der Waals surface area contributed by atoms with E-state index in [1.54, 1.807) is 4.57 Å². The minimum atomic E-state index is -0.129. The number of anilines is 2. The molecular formula is C24H31N5O2S2. The largest absolute Gasteiger partial charge is 0.348 e. The molecule has 2 aromatic heterocycles. The first-order valence-electron chi connectivity index (χ1n) is 11.5. The van der Waals surface area contributed by atoms with Gasteiger partial charge in [0.2, 0.25) is 5.91 Å². The molecule has 1 saturated heterocycles. The van der Waals surface area contributed by atoms with Crippen molar-refractivity contribution in [2.24, 2.45) is 5.92 Å². The Hall–Kier alpha value is -2.39. The molecule has 3 aromatic rings. The highest BCUT2D eigenvalue weighted by Gasteiger charge is 2.23. The van der Waals surface area contributed by atoms with Gasteiger partial charge in [-0.05, 0) is 56.7 Å². The van der Waals surface area contributed by atoms with Gasteiger partial charge in [0.05, 0.1) is 5.75 Å². The maximum atomic E-state index is 13.3. The van der Waals surface area contributed by atoms with Crippen molar-refractivity contribution in [3.8, 4) is 0 Å². The fraction of sp³-hybridized carbons (Fsp3) is 0.500. The van der Waals surface area contributed by atoms with Crippen molar-refractivity contribution in [3.05, 3.63) is 40.2 Å². The lowest BCUT2D eigenvalue weighted by Gasteiger charge is -2.29. The number of nitrogens with zero attached hydrogens (tertiary/aromatic N) is 4. The number of fused-ring (bicyclic) bond motifs is 1. The molecule has 0 bridgehead atoms. The van der Waals surface area contributed by atoms with Crippen molar-refractivity contribution >= 4 is 50.2 Å². The van der Waals surface area contributed by atoms with E-state index in [4.69, 9.17) is 9.97 Å². The Balaban J connectivity index is 1.53. The molecule has 33 heavy (non-hydrogen) atoms. The molecule has 1 amide bonds. The second-order valence-electron chi connectivity index (χ2n) is 8.87. The van der Waals surface area contributed by atoms with Gasteiger partial charge in [0.25, 0.3) is 5.56 Å². The lowest BCUT2D eigenvalue weighted by atomic mass is 10.00. The first-order chi connectivity index (χ1) is 15.9. The highest BCUT2D eigenvalue weighted by molar-refractivity contribution is 7.99. The van der Waals surface area contributed by atoms with E-state index in [-0.39, 0.29) is 23.3 Å². The molecule has 1 aliphatic heterocycles. The molecule has 4 rings (SSSR count).